The molecule has 0 aliphatic heterocycles. The van der Waals surface area contributed by atoms with Crippen LogP contribution in [0.25, 0.3) is 11.4 Å². The summed E-state index contributed by atoms with van der Waals surface area (Å²) in [4.78, 5) is 12.8. The first-order valence-corrected chi connectivity index (χ1v) is 6.28. The summed E-state index contributed by atoms with van der Waals surface area (Å²) in [6.45, 7) is 6.44. The van der Waals surface area contributed by atoms with Gasteiger partial charge < -0.3 is 0 Å². The Labute approximate surface area is 112 Å². The monoisotopic (exact) mass is 261 g/mol. The van der Waals surface area contributed by atoms with Gasteiger partial charge in [-0.05, 0) is 17.0 Å². The fraction of sp³-hybridized carbons (Fsp3) is 0.357. The van der Waals surface area contributed by atoms with Crippen LogP contribution in [0, 0.1) is 5.41 Å². The van der Waals surface area contributed by atoms with E-state index in [-0.39, 0.29) is 10.7 Å². The van der Waals surface area contributed by atoms with Crippen molar-refractivity contribution in [3.05, 3.63) is 41.4 Å². The minimum absolute atomic E-state index is 0.124. The molecule has 0 N–H and O–H groups in total. The lowest BCUT2D eigenvalue weighted by molar-refractivity contribution is 0.400. The number of rotatable bonds is 2. The van der Waals surface area contributed by atoms with Gasteiger partial charge in [0.2, 0.25) is 5.28 Å². The van der Waals surface area contributed by atoms with Gasteiger partial charge in [-0.3, -0.25) is 0 Å². The Hall–Kier alpha value is -1.48. The molecule has 1 aromatic carbocycles. The van der Waals surface area contributed by atoms with Gasteiger partial charge in [-0.2, -0.15) is 4.98 Å². The summed E-state index contributed by atoms with van der Waals surface area (Å²) in [6, 6.07) is 9.80. The molecule has 2 rings (SSSR count). The zero-order valence-electron chi connectivity index (χ0n) is 10.8. The van der Waals surface area contributed by atoms with Gasteiger partial charge >= 0.3 is 0 Å². The molecule has 0 radical (unpaired) electrons. The van der Waals surface area contributed by atoms with Gasteiger partial charge in [0.1, 0.15) is 5.82 Å². The molecule has 1 aromatic heterocycles. The van der Waals surface area contributed by atoms with E-state index in [1.807, 2.05) is 30.3 Å². The lowest BCUT2D eigenvalue weighted by Gasteiger charge is -2.16. The first-order valence-electron chi connectivity index (χ1n) is 5.90. The molecule has 18 heavy (non-hydrogen) atoms. The highest BCUT2D eigenvalue weighted by Gasteiger charge is 2.15. The molecule has 94 valence electrons. The lowest BCUT2D eigenvalue weighted by atomic mass is 9.92. The van der Waals surface area contributed by atoms with E-state index in [2.05, 4.69) is 35.7 Å². The van der Waals surface area contributed by atoms with Crippen LogP contribution < -0.4 is 0 Å². The number of halogens is 1. The average Bonchev–Trinajstić information content (AvgIpc) is 2.27. The predicted octanol–water partition coefficient (Wildman–Crippen LogP) is 3.78. The molecule has 0 aliphatic rings. The smallest absolute Gasteiger partial charge is 0.213 e. The van der Waals surface area contributed by atoms with Crippen LogP contribution in [0.3, 0.4) is 0 Å². The highest BCUT2D eigenvalue weighted by molar-refractivity contribution is 6.28. The molecule has 0 bridgehead atoms. The van der Waals surface area contributed by atoms with Crippen molar-refractivity contribution in [3.63, 3.8) is 0 Å². The third-order valence-corrected chi connectivity index (χ3v) is 2.54. The van der Waals surface area contributed by atoms with Crippen LogP contribution in [0.15, 0.2) is 30.3 Å². The van der Waals surface area contributed by atoms with E-state index in [1.54, 1.807) is 0 Å². The standard InChI is InChI=1S/C14H16ClN3/c1-14(2,3)9-11-16-12(18-13(15)17-11)10-7-5-4-6-8-10/h4-8H,9H2,1-3H3. The summed E-state index contributed by atoms with van der Waals surface area (Å²) in [5.41, 5.74) is 1.08. The molecule has 0 aliphatic carbocycles. The second kappa shape index (κ2) is 5.02. The number of benzene rings is 1. The topological polar surface area (TPSA) is 38.7 Å². The maximum Gasteiger partial charge on any atom is 0.226 e. The van der Waals surface area contributed by atoms with Crippen LogP contribution in [0.1, 0.15) is 26.6 Å². The lowest BCUT2D eigenvalue weighted by Crippen LogP contribution is -2.13. The molecule has 1 heterocycles. The van der Waals surface area contributed by atoms with E-state index >= 15 is 0 Å². The quantitative estimate of drug-likeness (QED) is 0.826. The van der Waals surface area contributed by atoms with Crippen LogP contribution in [0.5, 0.6) is 0 Å². The molecule has 0 spiro atoms. The second-order valence-corrected chi connectivity index (χ2v) is 5.79. The first kappa shape index (κ1) is 13.0. The van der Waals surface area contributed by atoms with Crippen molar-refractivity contribution in [3.8, 4) is 11.4 Å². The molecular weight excluding hydrogens is 246 g/mol. The van der Waals surface area contributed by atoms with E-state index in [0.29, 0.717) is 5.82 Å². The molecule has 4 heteroatoms. The highest BCUT2D eigenvalue weighted by atomic mass is 35.5. The van der Waals surface area contributed by atoms with Crippen LogP contribution in [0.2, 0.25) is 5.28 Å². The Balaban J connectivity index is 2.39. The Kier molecular flexibility index (Phi) is 3.62. The van der Waals surface area contributed by atoms with E-state index in [1.165, 1.54) is 0 Å². The minimum atomic E-state index is 0.124. The second-order valence-electron chi connectivity index (χ2n) is 5.45. The summed E-state index contributed by atoms with van der Waals surface area (Å²) in [5, 5.41) is 0.253. The number of aromatic nitrogens is 3. The SMILES string of the molecule is CC(C)(C)Cc1nc(Cl)nc(-c2ccccc2)n1. The van der Waals surface area contributed by atoms with Crippen LogP contribution in [-0.4, -0.2) is 15.0 Å². The van der Waals surface area contributed by atoms with Crippen molar-refractivity contribution in [2.24, 2.45) is 5.41 Å². The van der Waals surface area contributed by atoms with Crippen LogP contribution in [-0.2, 0) is 6.42 Å². The van der Waals surface area contributed by atoms with Gasteiger partial charge in [-0.1, -0.05) is 51.1 Å². The van der Waals surface area contributed by atoms with Gasteiger partial charge in [0.25, 0.3) is 0 Å². The number of nitrogens with zero attached hydrogens (tertiary/aromatic N) is 3. The van der Waals surface area contributed by atoms with Gasteiger partial charge in [0, 0.05) is 12.0 Å². The van der Waals surface area contributed by atoms with E-state index < -0.39 is 0 Å². The number of hydrogen-bond donors (Lipinski definition) is 0. The maximum atomic E-state index is 5.97. The van der Waals surface area contributed by atoms with Crippen molar-refractivity contribution in [2.75, 3.05) is 0 Å². The molecule has 0 amide bonds. The van der Waals surface area contributed by atoms with Gasteiger partial charge in [0.05, 0.1) is 0 Å². The summed E-state index contributed by atoms with van der Waals surface area (Å²) in [5.74, 6) is 1.37. The Morgan fingerprint density at radius 3 is 2.28 bits per heavy atom. The minimum Gasteiger partial charge on any atom is -0.213 e. The third kappa shape index (κ3) is 3.50. The van der Waals surface area contributed by atoms with Crippen molar-refractivity contribution in [1.82, 2.24) is 15.0 Å². The molecule has 0 atom stereocenters. The van der Waals surface area contributed by atoms with E-state index in [4.69, 9.17) is 11.6 Å². The van der Waals surface area contributed by atoms with Crippen molar-refractivity contribution >= 4 is 11.6 Å². The van der Waals surface area contributed by atoms with E-state index in [9.17, 15) is 0 Å². The molecule has 0 fully saturated rings. The molecule has 0 unspecified atom stereocenters. The normalized spacial score (nSPS) is 11.6. The first-order chi connectivity index (χ1) is 8.44. The van der Waals surface area contributed by atoms with Crippen molar-refractivity contribution in [2.45, 2.75) is 27.2 Å². The van der Waals surface area contributed by atoms with Gasteiger partial charge in [-0.15, -0.1) is 0 Å². The summed E-state index contributed by atoms with van der Waals surface area (Å²) in [7, 11) is 0. The van der Waals surface area contributed by atoms with Gasteiger partial charge in [-0.25, -0.2) is 9.97 Å². The van der Waals surface area contributed by atoms with Crippen LogP contribution in [0.4, 0.5) is 0 Å². The summed E-state index contributed by atoms with van der Waals surface area (Å²) < 4.78 is 0. The molecule has 0 saturated heterocycles. The molecule has 3 nitrogen and oxygen atoms in total. The molecule has 2 aromatic rings. The van der Waals surface area contributed by atoms with Crippen molar-refractivity contribution < 1.29 is 0 Å². The highest BCUT2D eigenvalue weighted by Crippen LogP contribution is 2.21. The predicted molar refractivity (Wildman–Crippen MR) is 73.4 cm³/mol. The van der Waals surface area contributed by atoms with Crippen LogP contribution >= 0.6 is 11.6 Å². The van der Waals surface area contributed by atoms with Crippen molar-refractivity contribution in [1.29, 1.82) is 0 Å². The molecular formula is C14H16ClN3. The Morgan fingerprint density at radius 2 is 1.67 bits per heavy atom. The van der Waals surface area contributed by atoms with E-state index in [0.717, 1.165) is 17.8 Å². The largest absolute Gasteiger partial charge is 0.226 e. The zero-order valence-corrected chi connectivity index (χ0v) is 11.6. The average molecular weight is 262 g/mol. The summed E-state index contributed by atoms with van der Waals surface area (Å²) in [6.07, 6.45) is 0.773. The fourth-order valence-electron chi connectivity index (χ4n) is 1.66. The molecule has 0 saturated carbocycles. The Bertz CT molecular complexity index is 532. The zero-order chi connectivity index (χ0) is 13.2. The fourth-order valence-corrected chi connectivity index (χ4v) is 1.84. The summed E-state index contributed by atoms with van der Waals surface area (Å²) >= 11 is 5.97. The maximum absolute atomic E-state index is 5.97. The Morgan fingerprint density at radius 1 is 1.00 bits per heavy atom. The third-order valence-electron chi connectivity index (χ3n) is 2.37. The van der Waals surface area contributed by atoms with Gasteiger partial charge in [0.15, 0.2) is 5.82 Å². The number of hydrogen-bond acceptors (Lipinski definition) is 3.